The SMILES string of the molecule is CC1(c2cncn2C2CCCCC2(C)C)CCNC1. The van der Waals surface area contributed by atoms with Gasteiger partial charge in [-0.1, -0.05) is 33.6 Å². The summed E-state index contributed by atoms with van der Waals surface area (Å²) >= 11 is 0. The minimum absolute atomic E-state index is 0.268. The fourth-order valence-corrected chi connectivity index (χ4v) is 4.05. The molecule has 0 bridgehead atoms. The number of rotatable bonds is 2. The first kappa shape index (κ1) is 13.2. The highest BCUT2D eigenvalue weighted by Gasteiger charge is 2.39. The summed E-state index contributed by atoms with van der Waals surface area (Å²) in [7, 11) is 0. The van der Waals surface area contributed by atoms with Gasteiger partial charge in [-0.15, -0.1) is 0 Å². The Labute approximate surface area is 116 Å². The molecule has 2 fully saturated rings. The second kappa shape index (κ2) is 4.62. The maximum atomic E-state index is 4.49. The molecular formula is C16H27N3. The maximum Gasteiger partial charge on any atom is 0.0951 e. The first-order valence-corrected chi connectivity index (χ1v) is 7.76. The molecule has 1 aromatic rings. The number of aromatic nitrogens is 2. The fraction of sp³-hybridized carbons (Fsp3) is 0.812. The first-order chi connectivity index (χ1) is 9.03. The van der Waals surface area contributed by atoms with Crippen molar-refractivity contribution in [1.29, 1.82) is 0 Å². The van der Waals surface area contributed by atoms with Crippen molar-refractivity contribution in [2.24, 2.45) is 5.41 Å². The van der Waals surface area contributed by atoms with Crippen LogP contribution >= 0.6 is 0 Å². The number of nitrogens with zero attached hydrogens (tertiary/aromatic N) is 2. The second-order valence-corrected chi connectivity index (χ2v) is 7.42. The normalized spacial score (nSPS) is 34.6. The highest BCUT2D eigenvalue weighted by atomic mass is 15.1. The maximum absolute atomic E-state index is 4.49. The van der Waals surface area contributed by atoms with Crippen molar-refractivity contribution in [1.82, 2.24) is 14.9 Å². The van der Waals surface area contributed by atoms with E-state index in [1.807, 2.05) is 0 Å². The van der Waals surface area contributed by atoms with Gasteiger partial charge in [0.05, 0.1) is 6.33 Å². The summed E-state index contributed by atoms with van der Waals surface area (Å²) in [4.78, 5) is 4.49. The molecule has 0 radical (unpaired) electrons. The van der Waals surface area contributed by atoms with Crippen molar-refractivity contribution in [3.8, 4) is 0 Å². The molecule has 19 heavy (non-hydrogen) atoms. The molecule has 3 rings (SSSR count). The Balaban J connectivity index is 1.95. The number of nitrogens with one attached hydrogen (secondary N) is 1. The molecule has 1 saturated heterocycles. The lowest BCUT2D eigenvalue weighted by molar-refractivity contribution is 0.138. The van der Waals surface area contributed by atoms with Crippen LogP contribution in [0.4, 0.5) is 0 Å². The van der Waals surface area contributed by atoms with Crippen LogP contribution < -0.4 is 5.32 Å². The van der Waals surface area contributed by atoms with Gasteiger partial charge in [-0.2, -0.15) is 0 Å². The summed E-state index contributed by atoms with van der Waals surface area (Å²) in [5.74, 6) is 0. The van der Waals surface area contributed by atoms with Crippen LogP contribution in [0.2, 0.25) is 0 Å². The van der Waals surface area contributed by atoms with E-state index in [1.165, 1.54) is 37.8 Å². The fourth-order valence-electron chi connectivity index (χ4n) is 4.05. The van der Waals surface area contributed by atoms with Gasteiger partial charge in [-0.3, -0.25) is 0 Å². The van der Waals surface area contributed by atoms with E-state index in [1.54, 1.807) is 0 Å². The smallest absolute Gasteiger partial charge is 0.0951 e. The lowest BCUT2D eigenvalue weighted by Crippen LogP contribution is -2.35. The molecule has 106 valence electrons. The molecule has 3 nitrogen and oxygen atoms in total. The highest BCUT2D eigenvalue weighted by Crippen LogP contribution is 2.45. The van der Waals surface area contributed by atoms with Crippen molar-refractivity contribution in [3.05, 3.63) is 18.2 Å². The van der Waals surface area contributed by atoms with E-state index in [2.05, 4.69) is 48.2 Å². The predicted molar refractivity (Wildman–Crippen MR) is 78.4 cm³/mol. The van der Waals surface area contributed by atoms with Crippen LogP contribution in [0.15, 0.2) is 12.5 Å². The van der Waals surface area contributed by atoms with Crippen LogP contribution in [0.1, 0.15) is 64.6 Å². The minimum Gasteiger partial charge on any atom is -0.330 e. The van der Waals surface area contributed by atoms with Gasteiger partial charge < -0.3 is 9.88 Å². The Morgan fingerprint density at radius 1 is 1.26 bits per heavy atom. The largest absolute Gasteiger partial charge is 0.330 e. The first-order valence-electron chi connectivity index (χ1n) is 7.76. The van der Waals surface area contributed by atoms with Crippen LogP contribution in [-0.2, 0) is 5.41 Å². The summed E-state index contributed by atoms with van der Waals surface area (Å²) in [6, 6.07) is 0.621. The van der Waals surface area contributed by atoms with Gasteiger partial charge in [-0.05, 0) is 31.2 Å². The lowest BCUT2D eigenvalue weighted by Gasteiger charge is -2.41. The van der Waals surface area contributed by atoms with Crippen LogP contribution in [0, 0.1) is 5.41 Å². The molecule has 3 heteroatoms. The lowest BCUT2D eigenvalue weighted by atomic mass is 9.72. The molecule has 2 aliphatic rings. The van der Waals surface area contributed by atoms with Crippen molar-refractivity contribution < 1.29 is 0 Å². The second-order valence-electron chi connectivity index (χ2n) is 7.42. The number of hydrogen-bond acceptors (Lipinski definition) is 2. The summed E-state index contributed by atoms with van der Waals surface area (Å²) in [6.07, 6.45) is 10.8. The number of imidazole rings is 1. The van der Waals surface area contributed by atoms with E-state index in [0.717, 1.165) is 13.1 Å². The van der Waals surface area contributed by atoms with Gasteiger partial charge in [-0.25, -0.2) is 4.98 Å². The van der Waals surface area contributed by atoms with Crippen molar-refractivity contribution >= 4 is 0 Å². The quantitative estimate of drug-likeness (QED) is 0.885. The summed E-state index contributed by atoms with van der Waals surface area (Å²) in [5, 5.41) is 3.51. The molecule has 2 heterocycles. The van der Waals surface area contributed by atoms with E-state index < -0.39 is 0 Å². The molecule has 1 N–H and O–H groups in total. The number of hydrogen-bond donors (Lipinski definition) is 1. The van der Waals surface area contributed by atoms with Gasteiger partial charge in [0.2, 0.25) is 0 Å². The molecule has 0 spiro atoms. The molecule has 0 aromatic carbocycles. The van der Waals surface area contributed by atoms with Gasteiger partial charge in [0.25, 0.3) is 0 Å². The summed E-state index contributed by atoms with van der Waals surface area (Å²) < 4.78 is 2.51. The Hall–Kier alpha value is -0.830. The monoisotopic (exact) mass is 261 g/mol. The van der Waals surface area contributed by atoms with E-state index in [9.17, 15) is 0 Å². The van der Waals surface area contributed by atoms with Gasteiger partial charge in [0.1, 0.15) is 0 Å². The third-order valence-electron chi connectivity index (χ3n) is 5.44. The zero-order valence-corrected chi connectivity index (χ0v) is 12.6. The molecule has 1 aliphatic heterocycles. The van der Waals surface area contributed by atoms with Gasteiger partial charge in [0, 0.05) is 29.9 Å². The van der Waals surface area contributed by atoms with Crippen LogP contribution in [-0.4, -0.2) is 22.6 Å². The van der Waals surface area contributed by atoms with Crippen molar-refractivity contribution in [3.63, 3.8) is 0 Å². The van der Waals surface area contributed by atoms with Crippen molar-refractivity contribution in [2.75, 3.05) is 13.1 Å². The van der Waals surface area contributed by atoms with E-state index in [4.69, 9.17) is 0 Å². The molecule has 2 atom stereocenters. The van der Waals surface area contributed by atoms with E-state index >= 15 is 0 Å². The Bertz CT molecular complexity index is 441. The minimum atomic E-state index is 0.268. The summed E-state index contributed by atoms with van der Waals surface area (Å²) in [6.45, 7) is 9.46. The van der Waals surface area contributed by atoms with Crippen LogP contribution in [0.25, 0.3) is 0 Å². The van der Waals surface area contributed by atoms with Gasteiger partial charge in [0.15, 0.2) is 0 Å². The predicted octanol–water partition coefficient (Wildman–Crippen LogP) is 3.28. The third-order valence-corrected chi connectivity index (χ3v) is 5.44. The van der Waals surface area contributed by atoms with Crippen LogP contribution in [0.5, 0.6) is 0 Å². The molecule has 1 aromatic heterocycles. The molecule has 0 amide bonds. The average Bonchev–Trinajstić information content (AvgIpc) is 2.98. The zero-order valence-electron chi connectivity index (χ0n) is 12.6. The van der Waals surface area contributed by atoms with Gasteiger partial charge >= 0.3 is 0 Å². The average molecular weight is 261 g/mol. The molecule has 1 aliphatic carbocycles. The topological polar surface area (TPSA) is 29.9 Å². The zero-order chi connectivity index (χ0) is 13.5. The molecule has 1 saturated carbocycles. The van der Waals surface area contributed by atoms with E-state index in [-0.39, 0.29) is 5.41 Å². The molecule has 2 unspecified atom stereocenters. The molecular weight excluding hydrogens is 234 g/mol. The standard InChI is InChI=1S/C16H27N3/c1-15(2)7-5-4-6-13(15)19-12-18-10-14(19)16(3)8-9-17-11-16/h10,12-13,17H,4-9,11H2,1-3H3. The van der Waals surface area contributed by atoms with Crippen LogP contribution in [0.3, 0.4) is 0 Å². The Morgan fingerprint density at radius 2 is 2.11 bits per heavy atom. The Morgan fingerprint density at radius 3 is 2.79 bits per heavy atom. The third kappa shape index (κ3) is 2.22. The Kier molecular flexibility index (Phi) is 3.20. The summed E-state index contributed by atoms with van der Waals surface area (Å²) in [5.41, 5.74) is 2.11. The van der Waals surface area contributed by atoms with E-state index in [0.29, 0.717) is 11.5 Å². The highest BCUT2D eigenvalue weighted by molar-refractivity contribution is 5.19. The van der Waals surface area contributed by atoms with Crippen molar-refractivity contribution in [2.45, 2.75) is 64.3 Å².